The number of ether oxygens (including phenoxy) is 5. The number of aliphatic hydroxyl groups is 5. The average molecular weight is 1190 g/mol. The Morgan fingerprint density at radius 1 is 1.00 bits per heavy atom. The van der Waals surface area contributed by atoms with Crippen LogP contribution in [0.2, 0.25) is 0 Å². The van der Waals surface area contributed by atoms with Crippen LogP contribution in [0.4, 0.5) is 5.69 Å². The van der Waals surface area contributed by atoms with Gasteiger partial charge in [-0.2, -0.15) is 0 Å². The molecule has 9 aliphatic rings. The molecule has 4 fully saturated rings. The number of hydrogen-bond donors (Lipinski definition) is 12. The van der Waals surface area contributed by atoms with Crippen molar-refractivity contribution in [1.29, 1.82) is 0 Å². The van der Waals surface area contributed by atoms with Gasteiger partial charge in [0.25, 0.3) is 0 Å². The fourth-order valence-electron chi connectivity index (χ4n) is 13.4. The summed E-state index contributed by atoms with van der Waals surface area (Å²) in [6.45, 7) is -0.343. The summed E-state index contributed by atoms with van der Waals surface area (Å²) in [4.78, 5) is 58.3. The van der Waals surface area contributed by atoms with E-state index in [0.29, 0.717) is 60.2 Å². The van der Waals surface area contributed by atoms with Gasteiger partial charge in [-0.05, 0) is 79.0 Å². The van der Waals surface area contributed by atoms with E-state index in [0.717, 1.165) is 36.8 Å². The van der Waals surface area contributed by atoms with Crippen LogP contribution in [0.15, 0.2) is 71.6 Å². The molecule has 24 heteroatoms. The smallest absolute Gasteiger partial charge is 0.242 e. The van der Waals surface area contributed by atoms with Crippen molar-refractivity contribution >= 4 is 51.0 Å². The van der Waals surface area contributed by atoms with Gasteiger partial charge in [0, 0.05) is 76.5 Å². The molecule has 3 aromatic rings. The predicted molar refractivity (Wildman–Crippen MR) is 310 cm³/mol. The molecular formula is C60H72N8O14S2. The molecule has 14 N–H and O–H groups in total. The number of amides is 1. The Bertz CT molecular complexity index is 3190. The Morgan fingerprint density at radius 3 is 2.65 bits per heavy atom. The lowest BCUT2D eigenvalue weighted by Crippen LogP contribution is -2.75. The second-order valence-electron chi connectivity index (χ2n) is 23.1. The number of rotatable bonds is 15. The van der Waals surface area contributed by atoms with E-state index in [4.69, 9.17) is 35.2 Å². The number of para-hydroxylation sites is 1. The third-order valence-corrected chi connectivity index (χ3v) is 20.5. The number of nitrogens with two attached hydrogens (primary N) is 2. The number of aldehydes is 1. The molecule has 2 aliphatic carbocycles. The van der Waals surface area contributed by atoms with Crippen molar-refractivity contribution < 1.29 is 68.4 Å². The van der Waals surface area contributed by atoms with Crippen molar-refractivity contribution in [1.82, 2.24) is 26.6 Å². The van der Waals surface area contributed by atoms with Crippen molar-refractivity contribution in [2.24, 2.45) is 23.3 Å². The summed E-state index contributed by atoms with van der Waals surface area (Å²) in [5, 5.41) is 77.0. The lowest BCUT2D eigenvalue weighted by molar-refractivity contribution is -0.342. The van der Waals surface area contributed by atoms with Crippen molar-refractivity contribution in [2.45, 2.75) is 130 Å². The number of fused-ring (bicyclic) bond motifs is 11. The van der Waals surface area contributed by atoms with Crippen LogP contribution in [0, 0.1) is 23.7 Å². The first-order valence-electron chi connectivity index (χ1n) is 29.0. The van der Waals surface area contributed by atoms with Crippen LogP contribution in [0.5, 0.6) is 11.5 Å². The molecule has 13 atom stereocenters. The SMILES string of the molecule is NC1=C(CNC2CCCC2)C(CCOC23CSSCC4C#CC(O)(C5COCC(CCC4O)C(c4ccccc4N4CNC6C(=O)NC(N)NC64)c4cc6c(c(OCC(O)CC=O)c4OC2O5)C(=O)c2cc(CO)ccc2C6=O)C3O)=CCN1. The van der Waals surface area contributed by atoms with Crippen molar-refractivity contribution in [2.75, 3.05) is 62.6 Å². The Labute approximate surface area is 493 Å². The molecule has 6 bridgehead atoms. The lowest BCUT2D eigenvalue weighted by atomic mass is 9.74. The molecule has 12 rings (SSSR count). The van der Waals surface area contributed by atoms with Gasteiger partial charge in [-0.1, -0.05) is 76.6 Å². The largest absolute Gasteiger partial charge is 0.486 e. The summed E-state index contributed by atoms with van der Waals surface area (Å²) in [5.41, 5.74) is 11.9. The van der Waals surface area contributed by atoms with E-state index < -0.39 is 103 Å². The van der Waals surface area contributed by atoms with Gasteiger partial charge >= 0.3 is 0 Å². The Morgan fingerprint density at radius 2 is 1.83 bits per heavy atom. The van der Waals surface area contributed by atoms with Gasteiger partial charge in [-0.25, -0.2) is 0 Å². The number of hydrogen-bond acceptors (Lipinski definition) is 23. The van der Waals surface area contributed by atoms with E-state index in [9.17, 15) is 35.1 Å². The molecule has 7 heterocycles. The number of benzene rings is 3. The molecule has 3 aromatic carbocycles. The Balaban J connectivity index is 1.08. The predicted octanol–water partition coefficient (Wildman–Crippen LogP) is 0.827. The van der Waals surface area contributed by atoms with Gasteiger partial charge in [-0.3, -0.25) is 30.8 Å². The summed E-state index contributed by atoms with van der Waals surface area (Å²) in [6, 6.07) is 13.2. The fraction of sp³-hybridized carbons (Fsp3) is 0.533. The lowest BCUT2D eigenvalue weighted by Gasteiger charge is -2.54. The summed E-state index contributed by atoms with van der Waals surface area (Å²) in [6.07, 6.45) is -1.77. The number of nitrogens with one attached hydrogen (secondary N) is 5. The van der Waals surface area contributed by atoms with Crippen LogP contribution < -0.4 is 52.4 Å². The number of aliphatic hydroxyl groups excluding tert-OH is 4. The van der Waals surface area contributed by atoms with Crippen LogP contribution in [-0.4, -0.2) is 173 Å². The van der Waals surface area contributed by atoms with Gasteiger partial charge in [0.2, 0.25) is 12.2 Å². The van der Waals surface area contributed by atoms with Gasteiger partial charge < -0.3 is 80.6 Å². The molecule has 22 nitrogen and oxygen atoms in total. The monoisotopic (exact) mass is 1190 g/mol. The van der Waals surface area contributed by atoms with Gasteiger partial charge in [0.05, 0.1) is 56.8 Å². The van der Waals surface area contributed by atoms with Crippen molar-refractivity contribution in [3.8, 4) is 23.3 Å². The summed E-state index contributed by atoms with van der Waals surface area (Å²) in [5.74, 6) is 2.62. The molecule has 0 spiro atoms. The minimum absolute atomic E-state index is 0.0281. The first-order chi connectivity index (χ1) is 40.7. The standard InChI is InChI=1S/C60H72N8O14S2/c61-53-42(23-64-35-5-1-2-6-35)32(14-18-63-53)16-20-80-60-29-84-83-28-34-13-17-59(77,56(60)76)45-27-78-25-33(10-12-44(34)72)46(38-7-3-4-8-43(38)68-30-65-48-54(68)66-58(62)67-55(48)75)41-22-40-47(50(74)39-21-31(24-70)9-11-37(39)49(40)73)52(51(41)82-57(60)81-45)79-26-36(71)15-19-69/h3-4,7-9,11,14,19,21-22,33-36,44-46,48,54,56-58,63-66,70-72,76-77H,1-2,5-6,10,12,15-16,18,20,23-30,61-62H2,(H,67,75). The highest BCUT2D eigenvalue weighted by Crippen LogP contribution is 2.54. The molecule has 0 aromatic heterocycles. The van der Waals surface area contributed by atoms with E-state index >= 15 is 9.59 Å². The third kappa shape index (κ3) is 10.9. The van der Waals surface area contributed by atoms with Crippen LogP contribution in [0.3, 0.4) is 0 Å². The van der Waals surface area contributed by atoms with Crippen LogP contribution >= 0.6 is 21.6 Å². The summed E-state index contributed by atoms with van der Waals surface area (Å²) < 4.78 is 35.2. The maximum Gasteiger partial charge on any atom is 0.242 e. The second kappa shape index (κ2) is 24.6. The van der Waals surface area contributed by atoms with E-state index in [1.807, 2.05) is 35.2 Å². The van der Waals surface area contributed by atoms with E-state index in [1.54, 1.807) is 12.1 Å². The number of dihydropyridines is 1. The van der Waals surface area contributed by atoms with Gasteiger partial charge in [-0.15, -0.1) is 0 Å². The maximum absolute atomic E-state index is 15.5. The molecule has 7 aliphatic heterocycles. The van der Waals surface area contributed by atoms with Gasteiger partial charge in [0.15, 0.2) is 34.3 Å². The van der Waals surface area contributed by atoms with Gasteiger partial charge in [0.1, 0.15) is 49.4 Å². The number of ketones is 2. The summed E-state index contributed by atoms with van der Waals surface area (Å²) >= 11 is 0. The van der Waals surface area contributed by atoms with Crippen molar-refractivity contribution in [3.63, 3.8) is 0 Å². The minimum atomic E-state index is -2.42. The zero-order valence-corrected chi connectivity index (χ0v) is 47.9. The van der Waals surface area contributed by atoms with Crippen LogP contribution in [0.1, 0.15) is 106 Å². The zero-order chi connectivity index (χ0) is 58.4. The zero-order valence-electron chi connectivity index (χ0n) is 46.3. The second-order valence-corrected chi connectivity index (χ2v) is 25.6. The molecule has 3 saturated heterocycles. The Kier molecular flexibility index (Phi) is 17.2. The highest BCUT2D eigenvalue weighted by Gasteiger charge is 2.66. The highest BCUT2D eigenvalue weighted by molar-refractivity contribution is 8.76. The number of nitrogens with zero attached hydrogens (tertiary/aromatic N) is 1. The average Bonchev–Trinajstić information content (AvgIpc) is 0.970. The van der Waals surface area contributed by atoms with E-state index in [-0.39, 0.29) is 96.7 Å². The molecular weight excluding hydrogens is 1120 g/mol. The Hall–Kier alpha value is -5.60. The summed E-state index contributed by atoms with van der Waals surface area (Å²) in [7, 11) is 2.71. The minimum Gasteiger partial charge on any atom is -0.486 e. The van der Waals surface area contributed by atoms with Crippen LogP contribution in [-0.2, 0) is 30.4 Å². The fourth-order valence-corrected chi connectivity index (χ4v) is 16.2. The molecule has 0 radical (unpaired) electrons. The molecule has 84 heavy (non-hydrogen) atoms. The van der Waals surface area contributed by atoms with Crippen LogP contribution in [0.25, 0.3) is 0 Å². The first-order valence-corrected chi connectivity index (χ1v) is 31.4. The molecule has 448 valence electrons. The quantitative estimate of drug-likeness (QED) is 0.0446. The first kappa shape index (κ1) is 58.8. The molecule has 13 unspecified atom stereocenters. The highest BCUT2D eigenvalue weighted by atomic mass is 33.1. The number of carbonyl (C=O) groups excluding carboxylic acids is 4. The van der Waals surface area contributed by atoms with Crippen molar-refractivity contribution in [3.05, 3.63) is 111 Å². The molecule has 1 amide bonds. The third-order valence-electron chi connectivity index (χ3n) is 18.0. The normalized spacial score (nSPS) is 32.4. The number of carbonyl (C=O) groups is 4. The number of anilines is 1. The van der Waals surface area contributed by atoms with E-state index in [2.05, 4.69) is 38.4 Å². The van der Waals surface area contributed by atoms with E-state index in [1.165, 1.54) is 33.7 Å². The maximum atomic E-state index is 15.5. The topological polar surface area (TPSA) is 331 Å². The molecule has 1 saturated carbocycles.